The lowest BCUT2D eigenvalue weighted by Gasteiger charge is -2.18. The van der Waals surface area contributed by atoms with Gasteiger partial charge in [0.25, 0.3) is 5.56 Å². The second-order valence-electron chi connectivity index (χ2n) is 6.18. The van der Waals surface area contributed by atoms with Crippen molar-refractivity contribution in [3.05, 3.63) is 92.6 Å². The molecule has 0 saturated carbocycles. The number of nitrogens with one attached hydrogen (secondary N) is 2. The van der Waals surface area contributed by atoms with Crippen molar-refractivity contribution in [1.29, 1.82) is 0 Å². The van der Waals surface area contributed by atoms with Crippen molar-refractivity contribution in [2.75, 3.05) is 5.32 Å². The Kier molecular flexibility index (Phi) is 4.86. The Bertz CT molecular complexity index is 1230. The number of rotatable bonds is 5. The van der Waals surface area contributed by atoms with E-state index in [1.165, 1.54) is 11.3 Å². The molecular weight excluding hydrogens is 376 g/mol. The number of hydrogen-bond acceptors (Lipinski definition) is 5. The summed E-state index contributed by atoms with van der Waals surface area (Å²) >= 11 is 1.26. The van der Waals surface area contributed by atoms with Gasteiger partial charge in [-0.1, -0.05) is 42.5 Å². The van der Waals surface area contributed by atoms with Crippen LogP contribution in [-0.4, -0.2) is 20.4 Å². The maximum atomic E-state index is 13.0. The van der Waals surface area contributed by atoms with E-state index in [-0.39, 0.29) is 6.42 Å². The van der Waals surface area contributed by atoms with Crippen LogP contribution < -0.4 is 16.6 Å². The molecule has 4 aromatic rings. The van der Waals surface area contributed by atoms with Crippen molar-refractivity contribution in [3.8, 4) is 0 Å². The van der Waals surface area contributed by atoms with Crippen molar-refractivity contribution < 1.29 is 4.79 Å². The fraction of sp³-hybridized carbons (Fsp3) is 0.100. The van der Waals surface area contributed by atoms with Crippen LogP contribution in [0.1, 0.15) is 11.6 Å². The number of benzene rings is 2. The Hall–Kier alpha value is -3.52. The smallest absolute Gasteiger partial charge is 0.307 e. The Morgan fingerprint density at radius 1 is 1.11 bits per heavy atom. The average molecular weight is 392 g/mol. The highest BCUT2D eigenvalue weighted by molar-refractivity contribution is 7.13. The first-order valence-electron chi connectivity index (χ1n) is 8.61. The van der Waals surface area contributed by atoms with E-state index in [4.69, 9.17) is 0 Å². The first-order valence-corrected chi connectivity index (χ1v) is 9.49. The minimum absolute atomic E-state index is 0.194. The number of fused-ring (bicyclic) bond motifs is 1. The van der Waals surface area contributed by atoms with Crippen LogP contribution in [-0.2, 0) is 11.2 Å². The Morgan fingerprint density at radius 3 is 2.61 bits per heavy atom. The van der Waals surface area contributed by atoms with Gasteiger partial charge in [-0.05, 0) is 17.7 Å². The zero-order valence-corrected chi connectivity index (χ0v) is 15.5. The summed E-state index contributed by atoms with van der Waals surface area (Å²) in [7, 11) is 0. The molecule has 28 heavy (non-hydrogen) atoms. The number of thiazole rings is 1. The molecule has 1 amide bonds. The number of aromatic nitrogens is 3. The maximum Gasteiger partial charge on any atom is 0.329 e. The van der Waals surface area contributed by atoms with Crippen LogP contribution in [0.3, 0.4) is 0 Å². The monoisotopic (exact) mass is 392 g/mol. The Balaban J connectivity index is 1.83. The summed E-state index contributed by atoms with van der Waals surface area (Å²) < 4.78 is 0.984. The largest absolute Gasteiger partial charge is 0.329 e. The topological polar surface area (TPSA) is 96.8 Å². The first kappa shape index (κ1) is 17.9. The Labute approximate surface area is 163 Å². The molecule has 0 aliphatic carbocycles. The van der Waals surface area contributed by atoms with Gasteiger partial charge in [-0.15, -0.1) is 11.3 Å². The molecule has 2 aromatic heterocycles. The highest BCUT2D eigenvalue weighted by Crippen LogP contribution is 2.17. The average Bonchev–Trinajstić information content (AvgIpc) is 3.21. The minimum atomic E-state index is -1.02. The van der Waals surface area contributed by atoms with Gasteiger partial charge in [0.05, 0.1) is 10.9 Å². The van der Waals surface area contributed by atoms with Crippen LogP contribution in [0.5, 0.6) is 0 Å². The van der Waals surface area contributed by atoms with Crippen LogP contribution in [0.25, 0.3) is 10.9 Å². The molecule has 0 fully saturated rings. The van der Waals surface area contributed by atoms with E-state index >= 15 is 0 Å². The molecule has 2 heterocycles. The van der Waals surface area contributed by atoms with E-state index in [0.29, 0.717) is 16.0 Å². The number of hydrogen-bond donors (Lipinski definition) is 2. The lowest BCUT2D eigenvalue weighted by Crippen LogP contribution is -2.43. The first-order chi connectivity index (χ1) is 13.6. The second-order valence-corrected chi connectivity index (χ2v) is 7.08. The van der Waals surface area contributed by atoms with E-state index in [0.717, 1.165) is 10.1 Å². The molecule has 2 aromatic carbocycles. The quantitative estimate of drug-likeness (QED) is 0.545. The third-order valence-electron chi connectivity index (χ3n) is 4.39. The van der Waals surface area contributed by atoms with E-state index in [1.54, 1.807) is 35.8 Å². The zero-order chi connectivity index (χ0) is 19.5. The molecular formula is C20H16N4O3S. The molecule has 7 nitrogen and oxygen atoms in total. The number of carbonyl (C=O) groups is 1. The normalized spacial score (nSPS) is 12.0. The highest BCUT2D eigenvalue weighted by Gasteiger charge is 2.26. The van der Waals surface area contributed by atoms with Crippen LogP contribution >= 0.6 is 11.3 Å². The fourth-order valence-electron chi connectivity index (χ4n) is 3.07. The van der Waals surface area contributed by atoms with Gasteiger partial charge >= 0.3 is 5.69 Å². The number of amides is 1. The molecule has 0 aliphatic heterocycles. The standard InChI is InChI=1S/C20H16N4O3S/c25-17(23-19-21-10-11-28-19)16(12-13-6-2-1-3-7-13)24-18(26)14-8-4-5-9-15(14)22-20(24)27/h1-11,16H,12H2,(H,22,27)(H,21,23,25)/t16-/m0/s1. The molecule has 0 saturated heterocycles. The molecule has 0 aliphatic rings. The summed E-state index contributed by atoms with van der Waals surface area (Å²) in [5, 5.41) is 5.19. The summed E-state index contributed by atoms with van der Waals surface area (Å²) in [6, 6.07) is 15.0. The third-order valence-corrected chi connectivity index (χ3v) is 5.07. The molecule has 0 spiro atoms. The predicted octanol–water partition coefficient (Wildman–Crippen LogP) is 2.57. The van der Waals surface area contributed by atoms with Crippen molar-refractivity contribution in [3.63, 3.8) is 0 Å². The van der Waals surface area contributed by atoms with Gasteiger partial charge < -0.3 is 10.3 Å². The van der Waals surface area contributed by atoms with Gasteiger partial charge in [0, 0.05) is 18.0 Å². The molecule has 0 bridgehead atoms. The van der Waals surface area contributed by atoms with Gasteiger partial charge in [0.1, 0.15) is 6.04 Å². The number of anilines is 1. The van der Waals surface area contributed by atoms with Gasteiger partial charge in [-0.2, -0.15) is 0 Å². The number of nitrogens with zero attached hydrogens (tertiary/aromatic N) is 2. The molecule has 4 rings (SSSR count). The molecule has 0 unspecified atom stereocenters. The molecule has 8 heteroatoms. The predicted molar refractivity (Wildman–Crippen MR) is 109 cm³/mol. The van der Waals surface area contributed by atoms with Gasteiger partial charge in [0.2, 0.25) is 5.91 Å². The number of H-pyrrole nitrogens is 1. The lowest BCUT2D eigenvalue weighted by molar-refractivity contribution is -0.119. The van der Waals surface area contributed by atoms with Crippen molar-refractivity contribution in [1.82, 2.24) is 14.5 Å². The van der Waals surface area contributed by atoms with Gasteiger partial charge in [0.15, 0.2) is 5.13 Å². The Morgan fingerprint density at radius 2 is 1.86 bits per heavy atom. The van der Waals surface area contributed by atoms with Crippen molar-refractivity contribution >= 4 is 33.3 Å². The number of carbonyl (C=O) groups excluding carboxylic acids is 1. The number of para-hydroxylation sites is 1. The van der Waals surface area contributed by atoms with Crippen LogP contribution in [0.2, 0.25) is 0 Å². The summed E-state index contributed by atoms with van der Waals surface area (Å²) in [5.74, 6) is -0.471. The summed E-state index contributed by atoms with van der Waals surface area (Å²) in [6.45, 7) is 0. The van der Waals surface area contributed by atoms with Crippen LogP contribution in [0.15, 0.2) is 75.8 Å². The summed E-state index contributed by atoms with van der Waals surface area (Å²) in [4.78, 5) is 45.5. The molecule has 2 N–H and O–H groups in total. The maximum absolute atomic E-state index is 13.0. The van der Waals surface area contributed by atoms with E-state index in [1.807, 2.05) is 30.3 Å². The summed E-state index contributed by atoms with van der Waals surface area (Å²) in [6.07, 6.45) is 1.76. The van der Waals surface area contributed by atoms with Crippen LogP contribution in [0.4, 0.5) is 5.13 Å². The zero-order valence-electron chi connectivity index (χ0n) is 14.7. The lowest BCUT2D eigenvalue weighted by atomic mass is 10.0. The fourth-order valence-corrected chi connectivity index (χ4v) is 3.60. The van der Waals surface area contributed by atoms with Crippen molar-refractivity contribution in [2.45, 2.75) is 12.5 Å². The minimum Gasteiger partial charge on any atom is -0.307 e. The van der Waals surface area contributed by atoms with Crippen molar-refractivity contribution in [2.24, 2.45) is 0 Å². The highest BCUT2D eigenvalue weighted by atomic mass is 32.1. The summed E-state index contributed by atoms with van der Waals surface area (Å²) in [5.41, 5.74) is 0.141. The van der Waals surface area contributed by atoms with E-state index in [9.17, 15) is 14.4 Å². The second kappa shape index (κ2) is 7.61. The van der Waals surface area contributed by atoms with Gasteiger partial charge in [-0.25, -0.2) is 14.3 Å². The van der Waals surface area contributed by atoms with Crippen LogP contribution in [0, 0.1) is 0 Å². The molecule has 0 radical (unpaired) electrons. The molecule has 140 valence electrons. The molecule has 1 atom stereocenters. The van der Waals surface area contributed by atoms with Gasteiger partial charge in [-0.3, -0.25) is 9.59 Å². The van der Waals surface area contributed by atoms with E-state index < -0.39 is 23.2 Å². The number of aromatic amines is 1. The third kappa shape index (κ3) is 3.49. The van der Waals surface area contributed by atoms with E-state index in [2.05, 4.69) is 15.3 Å². The SMILES string of the molecule is O=C(Nc1nccs1)[C@H](Cc1ccccc1)n1c(=O)[nH]c2ccccc2c1=O.